The van der Waals surface area contributed by atoms with E-state index < -0.39 is 0 Å². The van der Waals surface area contributed by atoms with Crippen molar-refractivity contribution in [1.29, 1.82) is 0 Å². The number of anilines is 1. The molecule has 1 fully saturated rings. The van der Waals surface area contributed by atoms with Crippen molar-refractivity contribution in [3.05, 3.63) is 11.8 Å². The van der Waals surface area contributed by atoms with E-state index in [1.54, 1.807) is 0 Å². The Labute approximate surface area is 107 Å². The van der Waals surface area contributed by atoms with Gasteiger partial charge in [-0.25, -0.2) is 4.68 Å². The fourth-order valence-corrected chi connectivity index (χ4v) is 2.29. The maximum atomic E-state index is 10.8. The van der Waals surface area contributed by atoms with Crippen molar-refractivity contribution in [2.24, 2.45) is 0 Å². The standard InChI is InChI=1S/C13H21N3O2/c1-8(17)18-10-5-9(6-10)11-7-12(14)16(15-11)13(2,3)4/h7,9-10H,5-6,14H2,1-4H3. The molecule has 0 atom stereocenters. The van der Waals surface area contributed by atoms with Crippen LogP contribution < -0.4 is 5.73 Å². The first kappa shape index (κ1) is 12.9. The van der Waals surface area contributed by atoms with Crippen molar-refractivity contribution >= 4 is 11.8 Å². The van der Waals surface area contributed by atoms with E-state index in [9.17, 15) is 4.79 Å². The molecule has 100 valence electrons. The van der Waals surface area contributed by atoms with Crippen LogP contribution in [0, 0.1) is 0 Å². The lowest BCUT2D eigenvalue weighted by Gasteiger charge is -2.33. The second-order valence-electron chi connectivity index (χ2n) is 5.98. The van der Waals surface area contributed by atoms with Gasteiger partial charge in [0, 0.05) is 18.9 Å². The molecule has 0 radical (unpaired) electrons. The van der Waals surface area contributed by atoms with E-state index in [1.807, 2.05) is 10.7 Å². The van der Waals surface area contributed by atoms with Crippen molar-refractivity contribution in [3.8, 4) is 0 Å². The van der Waals surface area contributed by atoms with Crippen LogP contribution in [0.1, 0.15) is 52.1 Å². The van der Waals surface area contributed by atoms with Gasteiger partial charge in [-0.1, -0.05) is 0 Å². The van der Waals surface area contributed by atoms with E-state index in [0.717, 1.165) is 18.5 Å². The summed E-state index contributed by atoms with van der Waals surface area (Å²) in [6.45, 7) is 7.66. The number of carbonyl (C=O) groups excluding carboxylic acids is 1. The van der Waals surface area contributed by atoms with Crippen LogP contribution >= 0.6 is 0 Å². The Bertz CT molecular complexity index is 453. The van der Waals surface area contributed by atoms with Crippen molar-refractivity contribution < 1.29 is 9.53 Å². The molecule has 0 bridgehead atoms. The third-order valence-corrected chi connectivity index (χ3v) is 3.24. The minimum Gasteiger partial charge on any atom is -0.463 e. The summed E-state index contributed by atoms with van der Waals surface area (Å²) < 4.78 is 6.99. The summed E-state index contributed by atoms with van der Waals surface area (Å²) in [5.41, 5.74) is 6.87. The molecule has 18 heavy (non-hydrogen) atoms. The summed E-state index contributed by atoms with van der Waals surface area (Å²) >= 11 is 0. The Morgan fingerprint density at radius 1 is 1.50 bits per heavy atom. The average molecular weight is 251 g/mol. The van der Waals surface area contributed by atoms with Crippen LogP contribution in [-0.2, 0) is 15.1 Å². The van der Waals surface area contributed by atoms with E-state index in [-0.39, 0.29) is 17.6 Å². The maximum absolute atomic E-state index is 10.8. The second-order valence-corrected chi connectivity index (χ2v) is 5.98. The quantitative estimate of drug-likeness (QED) is 0.816. The van der Waals surface area contributed by atoms with Gasteiger partial charge in [-0.2, -0.15) is 5.10 Å². The summed E-state index contributed by atoms with van der Waals surface area (Å²) in [4.78, 5) is 10.8. The number of hydrogen-bond donors (Lipinski definition) is 1. The minimum atomic E-state index is -0.210. The van der Waals surface area contributed by atoms with Gasteiger partial charge in [0.2, 0.25) is 0 Å². The molecule has 0 spiro atoms. The van der Waals surface area contributed by atoms with Crippen molar-refractivity contribution in [3.63, 3.8) is 0 Å². The molecule has 1 aliphatic carbocycles. The minimum absolute atomic E-state index is 0.0495. The summed E-state index contributed by atoms with van der Waals surface area (Å²) in [5, 5.41) is 4.57. The Morgan fingerprint density at radius 3 is 2.56 bits per heavy atom. The highest BCUT2D eigenvalue weighted by molar-refractivity contribution is 5.66. The van der Waals surface area contributed by atoms with Crippen LogP contribution in [0.2, 0.25) is 0 Å². The second kappa shape index (κ2) is 4.30. The molecule has 5 nitrogen and oxygen atoms in total. The number of ether oxygens (including phenoxy) is 1. The molecular weight excluding hydrogens is 230 g/mol. The van der Waals surface area contributed by atoms with E-state index in [0.29, 0.717) is 11.7 Å². The van der Waals surface area contributed by atoms with E-state index >= 15 is 0 Å². The zero-order valence-electron chi connectivity index (χ0n) is 11.4. The highest BCUT2D eigenvalue weighted by Gasteiger charge is 2.35. The zero-order chi connectivity index (χ0) is 13.5. The molecular formula is C13H21N3O2. The average Bonchev–Trinajstić information content (AvgIpc) is 2.51. The zero-order valence-corrected chi connectivity index (χ0v) is 11.4. The highest BCUT2D eigenvalue weighted by Crippen LogP contribution is 2.39. The van der Waals surface area contributed by atoms with Crippen LogP contribution in [-0.4, -0.2) is 21.9 Å². The predicted octanol–water partition coefficient (Wildman–Crippen LogP) is 2.03. The Morgan fingerprint density at radius 2 is 2.11 bits per heavy atom. The Hall–Kier alpha value is -1.52. The Kier molecular flexibility index (Phi) is 3.09. The lowest BCUT2D eigenvalue weighted by Crippen LogP contribution is -2.32. The fourth-order valence-electron chi connectivity index (χ4n) is 2.29. The fraction of sp³-hybridized carbons (Fsp3) is 0.692. The molecule has 1 aromatic heterocycles. The normalized spacial score (nSPS) is 23.6. The van der Waals surface area contributed by atoms with Gasteiger partial charge >= 0.3 is 5.97 Å². The molecule has 0 unspecified atom stereocenters. The van der Waals surface area contributed by atoms with Crippen LogP contribution in [0.4, 0.5) is 5.82 Å². The molecule has 1 heterocycles. The largest absolute Gasteiger partial charge is 0.463 e. The van der Waals surface area contributed by atoms with Gasteiger partial charge in [0.1, 0.15) is 11.9 Å². The first-order valence-corrected chi connectivity index (χ1v) is 6.30. The van der Waals surface area contributed by atoms with Gasteiger partial charge in [0.25, 0.3) is 0 Å². The molecule has 1 aliphatic rings. The molecule has 0 aliphatic heterocycles. The van der Waals surface area contributed by atoms with Gasteiger partial charge in [0.05, 0.1) is 11.2 Å². The van der Waals surface area contributed by atoms with Crippen molar-refractivity contribution in [2.75, 3.05) is 5.73 Å². The smallest absolute Gasteiger partial charge is 0.302 e. The number of nitrogen functional groups attached to an aromatic ring is 1. The molecule has 2 N–H and O–H groups in total. The topological polar surface area (TPSA) is 70.1 Å². The third-order valence-electron chi connectivity index (χ3n) is 3.24. The molecule has 2 rings (SSSR count). The van der Waals surface area contributed by atoms with E-state index in [4.69, 9.17) is 10.5 Å². The number of nitrogens with zero attached hydrogens (tertiary/aromatic N) is 2. The summed E-state index contributed by atoms with van der Waals surface area (Å²) in [5.74, 6) is 0.840. The monoisotopic (exact) mass is 251 g/mol. The lowest BCUT2D eigenvalue weighted by atomic mass is 9.80. The summed E-state index contributed by atoms with van der Waals surface area (Å²) in [6, 6.07) is 1.93. The number of rotatable bonds is 2. The number of hydrogen-bond acceptors (Lipinski definition) is 4. The molecule has 0 amide bonds. The van der Waals surface area contributed by atoms with Crippen LogP contribution in [0.25, 0.3) is 0 Å². The number of nitrogens with two attached hydrogens (primary N) is 1. The number of esters is 1. The molecule has 1 aromatic rings. The first-order valence-electron chi connectivity index (χ1n) is 6.30. The summed E-state index contributed by atoms with van der Waals surface area (Å²) in [6.07, 6.45) is 1.74. The SMILES string of the molecule is CC(=O)OC1CC(c2cc(N)n(C(C)(C)C)n2)C1. The van der Waals surface area contributed by atoms with Crippen LogP contribution in [0.15, 0.2) is 6.07 Å². The van der Waals surface area contributed by atoms with E-state index in [2.05, 4.69) is 25.9 Å². The highest BCUT2D eigenvalue weighted by atomic mass is 16.5. The van der Waals surface area contributed by atoms with Crippen molar-refractivity contribution in [2.45, 2.75) is 58.1 Å². The van der Waals surface area contributed by atoms with Crippen LogP contribution in [0.5, 0.6) is 0 Å². The van der Waals surface area contributed by atoms with Crippen molar-refractivity contribution in [1.82, 2.24) is 9.78 Å². The molecule has 0 aromatic carbocycles. The summed E-state index contributed by atoms with van der Waals surface area (Å²) in [7, 11) is 0. The van der Waals surface area contributed by atoms with E-state index in [1.165, 1.54) is 6.92 Å². The third kappa shape index (κ3) is 2.49. The molecule has 0 saturated heterocycles. The lowest BCUT2D eigenvalue weighted by molar-refractivity contribution is -0.151. The predicted molar refractivity (Wildman–Crippen MR) is 69.2 cm³/mol. The van der Waals surface area contributed by atoms with Gasteiger partial charge in [-0.3, -0.25) is 4.79 Å². The molecule has 1 saturated carbocycles. The first-order chi connectivity index (χ1) is 8.27. The molecule has 5 heteroatoms. The Balaban J connectivity index is 2.03. The van der Waals surface area contributed by atoms with Crippen LogP contribution in [0.3, 0.4) is 0 Å². The van der Waals surface area contributed by atoms with Gasteiger partial charge in [0.15, 0.2) is 0 Å². The van der Waals surface area contributed by atoms with Gasteiger partial charge < -0.3 is 10.5 Å². The maximum Gasteiger partial charge on any atom is 0.302 e. The van der Waals surface area contributed by atoms with Gasteiger partial charge in [-0.15, -0.1) is 0 Å². The van der Waals surface area contributed by atoms with Gasteiger partial charge in [-0.05, 0) is 33.6 Å². The number of carbonyl (C=O) groups is 1. The number of aromatic nitrogens is 2.